The van der Waals surface area contributed by atoms with Crippen molar-refractivity contribution >= 4 is 11.0 Å². The largest absolute Gasteiger partial charge is 0.458 e. The van der Waals surface area contributed by atoms with E-state index in [4.69, 9.17) is 9.15 Å². The maximum Gasteiger partial charge on any atom is 0.135 e. The van der Waals surface area contributed by atoms with Crippen LogP contribution in [0.5, 0.6) is 0 Å². The van der Waals surface area contributed by atoms with Gasteiger partial charge in [0.2, 0.25) is 0 Å². The maximum atomic E-state index is 10.4. The lowest BCUT2D eigenvalue weighted by Gasteiger charge is -2.25. The highest BCUT2D eigenvalue weighted by Crippen LogP contribution is 2.24. The van der Waals surface area contributed by atoms with Gasteiger partial charge in [-0.2, -0.15) is 0 Å². The number of hydrogen-bond acceptors (Lipinski definition) is 4. The number of aliphatic hydroxyl groups excluding tert-OH is 1. The fraction of sp³-hybridized carbons (Fsp3) is 0.529. The summed E-state index contributed by atoms with van der Waals surface area (Å²) >= 11 is 0. The first-order valence-electron chi connectivity index (χ1n) is 7.76. The van der Waals surface area contributed by atoms with Crippen LogP contribution in [0.3, 0.4) is 0 Å². The van der Waals surface area contributed by atoms with Gasteiger partial charge in [0, 0.05) is 25.1 Å². The first-order chi connectivity index (χ1) is 10.3. The molecule has 1 aromatic carbocycles. The predicted octanol–water partition coefficient (Wildman–Crippen LogP) is 2.97. The van der Waals surface area contributed by atoms with Crippen molar-refractivity contribution < 1.29 is 14.3 Å². The van der Waals surface area contributed by atoms with Crippen molar-refractivity contribution in [1.82, 2.24) is 4.90 Å². The molecule has 1 aromatic heterocycles. The summed E-state index contributed by atoms with van der Waals surface area (Å²) in [5.74, 6) is 0.641. The molecule has 4 nitrogen and oxygen atoms in total. The van der Waals surface area contributed by atoms with E-state index >= 15 is 0 Å². The molecule has 2 aromatic rings. The Morgan fingerprint density at radius 3 is 2.95 bits per heavy atom. The van der Waals surface area contributed by atoms with Crippen LogP contribution in [0.4, 0.5) is 0 Å². The summed E-state index contributed by atoms with van der Waals surface area (Å²) in [6.45, 7) is 5.34. The van der Waals surface area contributed by atoms with Crippen LogP contribution >= 0.6 is 0 Å². The minimum absolute atomic E-state index is 0.313. The molecule has 1 aliphatic rings. The molecule has 2 atom stereocenters. The van der Waals surface area contributed by atoms with E-state index in [2.05, 4.69) is 11.8 Å². The summed E-state index contributed by atoms with van der Waals surface area (Å²) in [5.41, 5.74) is 0.828. The number of para-hydroxylation sites is 1. The zero-order valence-corrected chi connectivity index (χ0v) is 12.5. The molecule has 1 fully saturated rings. The van der Waals surface area contributed by atoms with Crippen LogP contribution in [-0.2, 0) is 4.74 Å². The van der Waals surface area contributed by atoms with E-state index in [1.807, 2.05) is 30.3 Å². The molecular weight excluding hydrogens is 266 g/mol. The number of ether oxygens (including phenoxy) is 1. The molecule has 1 aliphatic heterocycles. The Balaban J connectivity index is 1.64. The second-order valence-corrected chi connectivity index (χ2v) is 5.69. The van der Waals surface area contributed by atoms with Gasteiger partial charge in [0.05, 0.1) is 6.10 Å². The van der Waals surface area contributed by atoms with E-state index in [0.717, 1.165) is 43.5 Å². The molecule has 0 bridgehead atoms. The van der Waals surface area contributed by atoms with Gasteiger partial charge in [-0.1, -0.05) is 25.1 Å². The predicted molar refractivity (Wildman–Crippen MR) is 82.3 cm³/mol. The lowest BCUT2D eigenvalue weighted by Crippen LogP contribution is -2.35. The van der Waals surface area contributed by atoms with E-state index in [1.165, 1.54) is 0 Å². The first-order valence-corrected chi connectivity index (χ1v) is 7.76. The number of hydrogen-bond donors (Lipinski definition) is 1. The highest BCUT2D eigenvalue weighted by molar-refractivity contribution is 5.77. The highest BCUT2D eigenvalue weighted by Gasteiger charge is 2.22. The van der Waals surface area contributed by atoms with Crippen LogP contribution in [0.25, 0.3) is 11.0 Å². The molecule has 0 aliphatic carbocycles. The van der Waals surface area contributed by atoms with Crippen molar-refractivity contribution in [2.75, 3.05) is 26.2 Å². The van der Waals surface area contributed by atoms with Crippen LogP contribution < -0.4 is 0 Å². The quantitative estimate of drug-likeness (QED) is 0.888. The molecule has 0 spiro atoms. The Hall–Kier alpha value is -1.36. The molecule has 1 saturated heterocycles. The Morgan fingerprint density at radius 2 is 2.24 bits per heavy atom. The molecule has 4 heteroatoms. The normalized spacial score (nSPS) is 20.4. The standard InChI is InChI=1S/C17H23NO3/c1-2-18(11-14-7-5-9-20-14)12-15(19)17-10-13-6-3-4-8-16(13)21-17/h3-4,6,8,10,14-15,19H,2,5,7,9,11-12H2,1H3. The summed E-state index contributed by atoms with van der Waals surface area (Å²) in [6, 6.07) is 9.77. The summed E-state index contributed by atoms with van der Waals surface area (Å²) in [5, 5.41) is 11.5. The number of nitrogens with zero attached hydrogens (tertiary/aromatic N) is 1. The van der Waals surface area contributed by atoms with Crippen LogP contribution in [0.15, 0.2) is 34.7 Å². The monoisotopic (exact) mass is 289 g/mol. The summed E-state index contributed by atoms with van der Waals surface area (Å²) in [7, 11) is 0. The van der Waals surface area contributed by atoms with Crippen LogP contribution in [0.1, 0.15) is 31.6 Å². The maximum absolute atomic E-state index is 10.4. The zero-order chi connectivity index (χ0) is 14.7. The lowest BCUT2D eigenvalue weighted by molar-refractivity contribution is 0.0463. The minimum atomic E-state index is -0.598. The van der Waals surface area contributed by atoms with Gasteiger partial charge >= 0.3 is 0 Å². The fourth-order valence-electron chi connectivity index (χ4n) is 2.91. The van der Waals surface area contributed by atoms with Crippen molar-refractivity contribution in [2.45, 2.75) is 32.0 Å². The number of fused-ring (bicyclic) bond motifs is 1. The Morgan fingerprint density at radius 1 is 1.38 bits per heavy atom. The summed E-state index contributed by atoms with van der Waals surface area (Å²) in [4.78, 5) is 2.23. The van der Waals surface area contributed by atoms with E-state index < -0.39 is 6.10 Å². The molecule has 21 heavy (non-hydrogen) atoms. The minimum Gasteiger partial charge on any atom is -0.458 e. The molecule has 3 rings (SSSR count). The third kappa shape index (κ3) is 3.46. The molecular formula is C17H23NO3. The number of furan rings is 1. The third-order valence-corrected chi connectivity index (χ3v) is 4.14. The number of likely N-dealkylation sites (N-methyl/N-ethyl adjacent to an activating group) is 1. The Bertz CT molecular complexity index is 541. The zero-order valence-electron chi connectivity index (χ0n) is 12.5. The molecule has 2 heterocycles. The first kappa shape index (κ1) is 14.6. The van der Waals surface area contributed by atoms with Gasteiger partial charge in [0.1, 0.15) is 17.4 Å². The van der Waals surface area contributed by atoms with Gasteiger partial charge in [-0.15, -0.1) is 0 Å². The molecule has 2 unspecified atom stereocenters. The second-order valence-electron chi connectivity index (χ2n) is 5.69. The van der Waals surface area contributed by atoms with E-state index in [0.29, 0.717) is 18.4 Å². The number of aliphatic hydroxyl groups is 1. The Labute approximate surface area is 125 Å². The van der Waals surface area contributed by atoms with Gasteiger partial charge in [0.25, 0.3) is 0 Å². The van der Waals surface area contributed by atoms with Crippen molar-refractivity contribution in [3.63, 3.8) is 0 Å². The fourth-order valence-corrected chi connectivity index (χ4v) is 2.91. The van der Waals surface area contributed by atoms with Crippen LogP contribution in [0, 0.1) is 0 Å². The van der Waals surface area contributed by atoms with E-state index in [9.17, 15) is 5.11 Å². The third-order valence-electron chi connectivity index (χ3n) is 4.14. The van der Waals surface area contributed by atoms with Crippen molar-refractivity contribution in [3.8, 4) is 0 Å². The smallest absolute Gasteiger partial charge is 0.135 e. The van der Waals surface area contributed by atoms with Crippen LogP contribution in [-0.4, -0.2) is 42.4 Å². The van der Waals surface area contributed by atoms with Crippen molar-refractivity contribution in [1.29, 1.82) is 0 Å². The molecule has 1 N–H and O–H groups in total. The van der Waals surface area contributed by atoms with Gasteiger partial charge < -0.3 is 14.3 Å². The number of rotatable bonds is 6. The van der Waals surface area contributed by atoms with E-state index in [1.54, 1.807) is 0 Å². The van der Waals surface area contributed by atoms with Gasteiger partial charge in [-0.05, 0) is 31.5 Å². The van der Waals surface area contributed by atoms with E-state index in [-0.39, 0.29) is 0 Å². The van der Waals surface area contributed by atoms with Crippen molar-refractivity contribution in [2.24, 2.45) is 0 Å². The molecule has 0 saturated carbocycles. The molecule has 0 amide bonds. The van der Waals surface area contributed by atoms with Gasteiger partial charge in [0.15, 0.2) is 0 Å². The summed E-state index contributed by atoms with van der Waals surface area (Å²) in [6.07, 6.45) is 1.98. The van der Waals surface area contributed by atoms with Crippen molar-refractivity contribution in [3.05, 3.63) is 36.1 Å². The van der Waals surface area contributed by atoms with Gasteiger partial charge in [-0.25, -0.2) is 0 Å². The Kier molecular flexibility index (Phi) is 4.58. The van der Waals surface area contributed by atoms with Crippen LogP contribution in [0.2, 0.25) is 0 Å². The SMILES string of the molecule is CCN(CC1CCCO1)CC(O)c1cc2ccccc2o1. The average molecular weight is 289 g/mol. The second kappa shape index (κ2) is 6.60. The summed E-state index contributed by atoms with van der Waals surface area (Å²) < 4.78 is 11.4. The lowest BCUT2D eigenvalue weighted by atomic mass is 10.2. The molecule has 114 valence electrons. The molecule has 0 radical (unpaired) electrons. The van der Waals surface area contributed by atoms with Gasteiger partial charge in [-0.3, -0.25) is 4.90 Å². The average Bonchev–Trinajstić information content (AvgIpc) is 3.15. The highest BCUT2D eigenvalue weighted by atomic mass is 16.5. The topological polar surface area (TPSA) is 45.8 Å². The number of benzene rings is 1.